The zero-order valence-electron chi connectivity index (χ0n) is 23.1. The molecule has 0 radical (unpaired) electrons. The van der Waals surface area contributed by atoms with Gasteiger partial charge in [0.1, 0.15) is 10.5 Å². The second kappa shape index (κ2) is 10.6. The number of nitrogens with zero attached hydrogens (tertiary/aromatic N) is 1. The van der Waals surface area contributed by atoms with Gasteiger partial charge in [0.15, 0.2) is 9.84 Å². The van der Waals surface area contributed by atoms with E-state index >= 15 is 0 Å². The van der Waals surface area contributed by atoms with Crippen molar-refractivity contribution in [2.75, 3.05) is 6.54 Å². The maximum Gasteiger partial charge on any atom is 0.435 e. The van der Waals surface area contributed by atoms with Crippen LogP contribution in [0.4, 0.5) is 30.7 Å². The fourth-order valence-corrected chi connectivity index (χ4v) is 8.78. The van der Waals surface area contributed by atoms with Crippen molar-refractivity contribution in [2.45, 2.75) is 86.6 Å². The Balaban J connectivity index is 1.91. The van der Waals surface area contributed by atoms with E-state index in [0.717, 1.165) is 6.07 Å². The molecule has 2 aromatic rings. The van der Waals surface area contributed by atoms with E-state index in [4.69, 9.17) is 0 Å². The van der Waals surface area contributed by atoms with Crippen LogP contribution >= 0.6 is 0 Å². The minimum Gasteiger partial charge on any atom is -0.337 e. The van der Waals surface area contributed by atoms with Gasteiger partial charge in [-0.3, -0.25) is 4.79 Å². The molecule has 13 heteroatoms. The predicted octanol–water partition coefficient (Wildman–Crippen LogP) is 6.51. The summed E-state index contributed by atoms with van der Waals surface area (Å²) in [6, 6.07) is 6.56. The van der Waals surface area contributed by atoms with E-state index in [9.17, 15) is 48.7 Å². The lowest BCUT2D eigenvalue weighted by Gasteiger charge is -2.43. The van der Waals surface area contributed by atoms with Crippen molar-refractivity contribution in [3.05, 3.63) is 64.7 Å². The summed E-state index contributed by atoms with van der Waals surface area (Å²) in [5, 5.41) is 0. The number of sulfone groups is 1. The smallest absolute Gasteiger partial charge is 0.337 e. The molecular weight excluding hydrogens is 591 g/mol. The molecule has 2 unspecified atom stereocenters. The van der Waals surface area contributed by atoms with Gasteiger partial charge >= 0.3 is 18.0 Å². The molecule has 3 atom stereocenters. The molecule has 1 fully saturated rings. The topological polar surface area (TPSA) is 71.5 Å². The summed E-state index contributed by atoms with van der Waals surface area (Å²) in [5.41, 5.74) is -6.97. The van der Waals surface area contributed by atoms with Crippen LogP contribution in [0.25, 0.3) is 0 Å². The fourth-order valence-electron chi connectivity index (χ4n) is 6.31. The van der Waals surface area contributed by atoms with Crippen LogP contribution in [0, 0.1) is 12.8 Å². The molecule has 1 aliphatic carbocycles. The van der Waals surface area contributed by atoms with Gasteiger partial charge in [0.2, 0.25) is 5.91 Å². The number of carbonyl (C=O) groups is 2. The van der Waals surface area contributed by atoms with Crippen molar-refractivity contribution in [2.24, 2.45) is 5.92 Å². The number of amides is 1. The summed E-state index contributed by atoms with van der Waals surface area (Å²) < 4.78 is 123. The molecule has 0 spiro atoms. The third-order valence-electron chi connectivity index (χ3n) is 8.48. The van der Waals surface area contributed by atoms with Crippen LogP contribution < -0.4 is 0 Å². The quantitative estimate of drug-likeness (QED) is 0.331. The number of fused-ring (bicyclic) bond motifs is 3. The number of hydrogen-bond donors (Lipinski definition) is 0. The molecule has 2 aliphatic rings. The van der Waals surface area contributed by atoms with E-state index in [0.29, 0.717) is 17.7 Å². The van der Waals surface area contributed by atoms with E-state index in [1.54, 1.807) is 19.9 Å². The highest BCUT2D eigenvalue weighted by Crippen LogP contribution is 2.56. The molecule has 2 aromatic carbocycles. The maximum absolute atomic E-state index is 15.0. The molecule has 0 aromatic heterocycles. The second-order valence-corrected chi connectivity index (χ2v) is 13.4. The van der Waals surface area contributed by atoms with Crippen LogP contribution in [0.3, 0.4) is 0 Å². The van der Waals surface area contributed by atoms with Crippen LogP contribution in [-0.4, -0.2) is 49.9 Å². The van der Waals surface area contributed by atoms with Crippen molar-refractivity contribution < 1.29 is 48.7 Å². The Bertz CT molecular complexity index is 1490. The molecule has 4 rings (SSSR count). The standard InChI is InChI=1S/C29H30F7NO4S/c1-17-5-4-6-22(15-17)42(40,41)26-13-14-37(25(39)18(2)7-8-19(3)38)24(26)12-9-20-16-21(10-11-23(20)26)27(30,28(31,32)33)29(34,35)36/h4-6,10-11,15-16,18,24H,7-9,12-14H2,1-3H3/t18-,24?,26?/m0/s1. The van der Waals surface area contributed by atoms with Crippen LogP contribution in [0.2, 0.25) is 0 Å². The fraction of sp³-hybridized carbons (Fsp3) is 0.517. The van der Waals surface area contributed by atoms with Gasteiger partial charge in [-0.25, -0.2) is 12.8 Å². The first-order valence-electron chi connectivity index (χ1n) is 13.4. The Hall–Kier alpha value is -2.96. The van der Waals surface area contributed by atoms with E-state index in [-0.39, 0.29) is 60.5 Å². The van der Waals surface area contributed by atoms with Gasteiger partial charge in [0, 0.05) is 24.4 Å². The van der Waals surface area contributed by atoms with Crippen LogP contribution in [-0.2, 0) is 36.3 Å². The third kappa shape index (κ3) is 4.90. The highest BCUT2D eigenvalue weighted by atomic mass is 32.2. The van der Waals surface area contributed by atoms with Gasteiger partial charge in [0.05, 0.1) is 10.9 Å². The number of ketones is 1. The van der Waals surface area contributed by atoms with Crippen molar-refractivity contribution in [1.29, 1.82) is 0 Å². The summed E-state index contributed by atoms with van der Waals surface area (Å²) in [6.07, 6.45) is -12.7. The van der Waals surface area contributed by atoms with Crippen molar-refractivity contribution in [1.82, 2.24) is 4.90 Å². The lowest BCUT2D eigenvalue weighted by Crippen LogP contribution is -2.53. The Morgan fingerprint density at radius 3 is 2.24 bits per heavy atom. The largest absolute Gasteiger partial charge is 0.435 e. The number of hydrogen-bond acceptors (Lipinski definition) is 4. The van der Waals surface area contributed by atoms with Gasteiger partial charge < -0.3 is 9.69 Å². The summed E-state index contributed by atoms with van der Waals surface area (Å²) in [6.45, 7) is 4.60. The average molecular weight is 622 g/mol. The van der Waals surface area contributed by atoms with Crippen LogP contribution in [0.1, 0.15) is 61.8 Å². The number of Topliss-reactive ketones (excluding diaryl/α,β-unsaturated/α-hetero) is 1. The molecule has 1 aliphatic heterocycles. The highest BCUT2D eigenvalue weighted by molar-refractivity contribution is 7.92. The molecule has 0 saturated carbocycles. The molecular formula is C29H30F7NO4S. The normalized spacial score (nSPS) is 22.0. The number of halogens is 7. The van der Waals surface area contributed by atoms with E-state index < -0.39 is 56.0 Å². The first-order chi connectivity index (χ1) is 19.3. The molecule has 5 nitrogen and oxygen atoms in total. The van der Waals surface area contributed by atoms with Crippen molar-refractivity contribution in [3.8, 4) is 0 Å². The molecule has 0 bridgehead atoms. The monoisotopic (exact) mass is 621 g/mol. The minimum absolute atomic E-state index is 0.0434. The summed E-state index contributed by atoms with van der Waals surface area (Å²) >= 11 is 0. The average Bonchev–Trinajstić information content (AvgIpc) is 3.30. The van der Waals surface area contributed by atoms with Crippen LogP contribution in [0.15, 0.2) is 47.4 Å². The predicted molar refractivity (Wildman–Crippen MR) is 139 cm³/mol. The molecule has 1 amide bonds. The maximum atomic E-state index is 15.0. The number of aryl methyl sites for hydroxylation is 2. The third-order valence-corrected chi connectivity index (χ3v) is 11.0. The van der Waals surface area contributed by atoms with Crippen molar-refractivity contribution >= 4 is 21.5 Å². The SMILES string of the molecule is CC(=O)CC[C@H](C)C(=O)N1CCC2(S(=O)(=O)c3cccc(C)c3)c3ccc(C(F)(C(F)(F)F)C(F)(F)F)cc3CCC12. The number of alkyl halides is 7. The lowest BCUT2D eigenvalue weighted by molar-refractivity contribution is -0.348. The summed E-state index contributed by atoms with van der Waals surface area (Å²) in [4.78, 5) is 26.3. The van der Waals surface area contributed by atoms with E-state index in [1.165, 1.54) is 30.0 Å². The number of likely N-dealkylation sites (tertiary alicyclic amines) is 1. The molecule has 42 heavy (non-hydrogen) atoms. The number of rotatable bonds is 7. The summed E-state index contributed by atoms with van der Waals surface area (Å²) in [7, 11) is -4.41. The summed E-state index contributed by atoms with van der Waals surface area (Å²) in [5.74, 6) is -1.17. The molecule has 1 saturated heterocycles. The van der Waals surface area contributed by atoms with E-state index in [2.05, 4.69) is 0 Å². The minimum atomic E-state index is -6.32. The first-order valence-corrected chi connectivity index (χ1v) is 14.8. The van der Waals surface area contributed by atoms with Gasteiger partial charge in [-0.15, -0.1) is 0 Å². The van der Waals surface area contributed by atoms with Gasteiger partial charge in [-0.05, 0) is 68.4 Å². The number of carbonyl (C=O) groups excluding carboxylic acids is 2. The zero-order valence-corrected chi connectivity index (χ0v) is 23.9. The highest BCUT2D eigenvalue weighted by Gasteiger charge is 2.73. The Kier molecular flexibility index (Phi) is 8.10. The molecule has 0 N–H and O–H groups in total. The Morgan fingerprint density at radius 1 is 1.02 bits per heavy atom. The van der Waals surface area contributed by atoms with Gasteiger partial charge in [0.25, 0.3) is 0 Å². The lowest BCUT2D eigenvalue weighted by atomic mass is 9.76. The Labute approximate surface area is 239 Å². The molecule has 230 valence electrons. The number of benzene rings is 2. The second-order valence-electron chi connectivity index (χ2n) is 11.2. The van der Waals surface area contributed by atoms with E-state index in [1.807, 2.05) is 0 Å². The van der Waals surface area contributed by atoms with Gasteiger partial charge in [-0.2, -0.15) is 26.3 Å². The first kappa shape index (κ1) is 32.0. The van der Waals surface area contributed by atoms with Crippen molar-refractivity contribution in [3.63, 3.8) is 0 Å². The zero-order chi connectivity index (χ0) is 31.5. The Morgan fingerprint density at radius 2 is 1.67 bits per heavy atom. The molecule has 1 heterocycles. The van der Waals surface area contributed by atoms with Crippen LogP contribution in [0.5, 0.6) is 0 Å². The van der Waals surface area contributed by atoms with Gasteiger partial charge in [-0.1, -0.05) is 37.3 Å².